The van der Waals surface area contributed by atoms with Crippen molar-refractivity contribution >= 4 is 21.8 Å². The Labute approximate surface area is 133 Å². The van der Waals surface area contributed by atoms with E-state index in [-0.39, 0.29) is 0 Å². The Morgan fingerprint density at radius 1 is 1.05 bits per heavy atom. The fourth-order valence-electron chi connectivity index (χ4n) is 3.57. The van der Waals surface area contributed by atoms with Gasteiger partial charge in [0.2, 0.25) is 0 Å². The number of benzene rings is 2. The van der Waals surface area contributed by atoms with E-state index < -0.39 is 0 Å². The van der Waals surface area contributed by atoms with E-state index in [0.29, 0.717) is 5.92 Å². The number of fused-ring (bicyclic) bond motifs is 6. The molecule has 2 aromatic carbocycles. The molecule has 1 aromatic heterocycles. The molecule has 2 nitrogen and oxygen atoms in total. The van der Waals surface area contributed by atoms with E-state index in [1.54, 1.807) is 0 Å². The lowest BCUT2D eigenvalue weighted by atomic mass is 9.99. The van der Waals surface area contributed by atoms with Gasteiger partial charge in [-0.15, -0.1) is 0 Å². The van der Waals surface area contributed by atoms with Gasteiger partial charge in [-0.3, -0.25) is 0 Å². The van der Waals surface area contributed by atoms with E-state index in [2.05, 4.69) is 50.0 Å². The number of aromatic nitrogens is 2. The lowest BCUT2D eigenvalue weighted by molar-refractivity contribution is 0.629. The Morgan fingerprint density at radius 2 is 1.68 bits per heavy atom. The summed E-state index contributed by atoms with van der Waals surface area (Å²) >= 11 is 0. The van der Waals surface area contributed by atoms with E-state index in [0.717, 1.165) is 11.7 Å². The Morgan fingerprint density at radius 3 is 2.36 bits per heavy atom. The van der Waals surface area contributed by atoms with Crippen molar-refractivity contribution in [2.45, 2.75) is 53.4 Å². The summed E-state index contributed by atoms with van der Waals surface area (Å²) in [5.74, 6) is 2.28. The van der Waals surface area contributed by atoms with E-state index in [1.807, 2.05) is 13.8 Å². The smallest absolute Gasteiger partial charge is 0.109 e. The lowest BCUT2D eigenvalue weighted by Gasteiger charge is -2.06. The second-order valence-corrected chi connectivity index (χ2v) is 6.52. The van der Waals surface area contributed by atoms with Gasteiger partial charge in [0.05, 0.1) is 11.0 Å². The third-order valence-corrected chi connectivity index (χ3v) is 4.55. The van der Waals surface area contributed by atoms with Crippen LogP contribution >= 0.6 is 0 Å². The van der Waals surface area contributed by atoms with Crippen molar-refractivity contribution in [2.75, 3.05) is 0 Å². The molecule has 116 valence electrons. The maximum atomic E-state index is 4.91. The highest BCUT2D eigenvalue weighted by Gasteiger charge is 2.25. The molecular formula is C20H26N2. The van der Waals surface area contributed by atoms with Gasteiger partial charge in [-0.05, 0) is 35.3 Å². The highest BCUT2D eigenvalue weighted by Crippen LogP contribution is 2.39. The van der Waals surface area contributed by atoms with Crippen molar-refractivity contribution < 1.29 is 0 Å². The van der Waals surface area contributed by atoms with Crippen LogP contribution in [0.25, 0.3) is 21.8 Å². The number of rotatable bonds is 1. The monoisotopic (exact) mass is 294 g/mol. The number of imidazole rings is 1. The minimum absolute atomic E-state index is 0.440. The normalized spacial score (nSPS) is 16.9. The Balaban J connectivity index is 0.000000693. The molecule has 0 saturated heterocycles. The first-order chi connectivity index (χ1) is 10.6. The highest BCUT2D eigenvalue weighted by molar-refractivity contribution is 6.08. The number of hydrogen-bond acceptors (Lipinski definition) is 1. The topological polar surface area (TPSA) is 28.7 Å². The predicted octanol–water partition coefficient (Wildman–Crippen LogP) is 5.60. The molecule has 1 N–H and O–H groups in total. The Kier molecular flexibility index (Phi) is 3.94. The molecule has 0 bridgehead atoms. The van der Waals surface area contributed by atoms with Gasteiger partial charge < -0.3 is 4.98 Å². The third-order valence-electron chi connectivity index (χ3n) is 4.55. The van der Waals surface area contributed by atoms with Crippen LogP contribution in [0.3, 0.4) is 0 Å². The zero-order valence-electron chi connectivity index (χ0n) is 14.3. The van der Waals surface area contributed by atoms with Gasteiger partial charge in [-0.25, -0.2) is 4.98 Å². The zero-order valence-corrected chi connectivity index (χ0v) is 14.3. The molecule has 0 spiro atoms. The summed E-state index contributed by atoms with van der Waals surface area (Å²) in [6.07, 6.45) is 2.36. The molecule has 1 atom stereocenters. The summed E-state index contributed by atoms with van der Waals surface area (Å²) < 4.78 is 0. The summed E-state index contributed by atoms with van der Waals surface area (Å²) in [5, 5.41) is 2.74. The fourth-order valence-corrected chi connectivity index (χ4v) is 3.57. The Bertz CT molecular complexity index is 811. The summed E-state index contributed by atoms with van der Waals surface area (Å²) in [4.78, 5) is 8.48. The molecule has 0 radical (unpaired) electrons. The van der Waals surface area contributed by atoms with E-state index in [1.165, 1.54) is 45.8 Å². The Hall–Kier alpha value is -1.83. The number of nitrogens with one attached hydrogen (secondary N) is 1. The van der Waals surface area contributed by atoms with Gasteiger partial charge in [-0.1, -0.05) is 58.9 Å². The molecule has 4 rings (SSSR count). The van der Waals surface area contributed by atoms with Gasteiger partial charge in [0.15, 0.2) is 0 Å². The van der Waals surface area contributed by atoms with Crippen LogP contribution < -0.4 is 0 Å². The molecule has 0 saturated carbocycles. The molecule has 0 fully saturated rings. The van der Waals surface area contributed by atoms with Crippen LogP contribution in [0.4, 0.5) is 0 Å². The van der Waals surface area contributed by atoms with Crippen LogP contribution in [0.2, 0.25) is 0 Å². The molecule has 0 aliphatic heterocycles. The minimum atomic E-state index is 0.440. The van der Waals surface area contributed by atoms with Crippen molar-refractivity contribution in [1.82, 2.24) is 9.97 Å². The first-order valence-electron chi connectivity index (χ1n) is 8.57. The first kappa shape index (κ1) is 15.1. The maximum absolute atomic E-state index is 4.91. The SMILES string of the molecule is CC.CC1Cc2c(c3nc(C(C)C)[nH]c3c3ccccc23)C1. The van der Waals surface area contributed by atoms with Gasteiger partial charge in [-0.2, -0.15) is 0 Å². The predicted molar refractivity (Wildman–Crippen MR) is 95.6 cm³/mol. The molecule has 1 unspecified atom stereocenters. The van der Waals surface area contributed by atoms with E-state index in [9.17, 15) is 0 Å². The third kappa shape index (κ3) is 2.22. The van der Waals surface area contributed by atoms with Gasteiger partial charge in [0, 0.05) is 11.3 Å². The largest absolute Gasteiger partial charge is 0.341 e. The van der Waals surface area contributed by atoms with Crippen molar-refractivity contribution in [3.63, 3.8) is 0 Å². The number of H-pyrrole nitrogens is 1. The van der Waals surface area contributed by atoms with Gasteiger partial charge >= 0.3 is 0 Å². The van der Waals surface area contributed by atoms with Crippen LogP contribution in [-0.4, -0.2) is 9.97 Å². The maximum Gasteiger partial charge on any atom is 0.109 e. The molecule has 2 heteroatoms. The average Bonchev–Trinajstić information content (AvgIpc) is 3.13. The summed E-state index contributed by atoms with van der Waals surface area (Å²) in [7, 11) is 0. The lowest BCUT2D eigenvalue weighted by Crippen LogP contribution is -1.90. The second-order valence-electron chi connectivity index (χ2n) is 6.52. The van der Waals surface area contributed by atoms with Gasteiger partial charge in [0.25, 0.3) is 0 Å². The average molecular weight is 294 g/mol. The molecule has 22 heavy (non-hydrogen) atoms. The molecule has 0 amide bonds. The standard InChI is InChI=1S/C18H20N2.C2H6/c1-10(2)18-19-16-13-7-5-4-6-12(13)14-8-11(3)9-15(14)17(16)20-18;1-2/h4-7,10-11H,8-9H2,1-3H3,(H,19,20);1-2H3. The van der Waals surface area contributed by atoms with Crippen LogP contribution in [0, 0.1) is 5.92 Å². The van der Waals surface area contributed by atoms with Crippen LogP contribution in [0.1, 0.15) is 57.5 Å². The highest BCUT2D eigenvalue weighted by atomic mass is 14.9. The molecule has 1 aliphatic rings. The van der Waals surface area contributed by atoms with Crippen molar-refractivity contribution in [2.24, 2.45) is 5.92 Å². The minimum Gasteiger partial charge on any atom is -0.341 e. The quantitative estimate of drug-likeness (QED) is 0.621. The number of hydrogen-bond donors (Lipinski definition) is 1. The summed E-state index contributed by atoms with van der Waals surface area (Å²) in [5.41, 5.74) is 5.46. The van der Waals surface area contributed by atoms with Crippen molar-refractivity contribution in [3.05, 3.63) is 41.2 Å². The van der Waals surface area contributed by atoms with Gasteiger partial charge in [0.1, 0.15) is 5.82 Å². The molecule has 1 heterocycles. The second kappa shape index (κ2) is 5.75. The molecule has 3 aromatic rings. The van der Waals surface area contributed by atoms with Crippen molar-refractivity contribution in [3.8, 4) is 0 Å². The summed E-state index contributed by atoms with van der Waals surface area (Å²) in [6.45, 7) is 10.7. The fraction of sp³-hybridized carbons (Fsp3) is 0.450. The van der Waals surface area contributed by atoms with E-state index in [4.69, 9.17) is 4.98 Å². The molecular weight excluding hydrogens is 268 g/mol. The number of nitrogens with zero attached hydrogens (tertiary/aromatic N) is 1. The number of aromatic amines is 1. The van der Waals surface area contributed by atoms with Crippen molar-refractivity contribution in [1.29, 1.82) is 0 Å². The molecule has 1 aliphatic carbocycles. The summed E-state index contributed by atoms with van der Waals surface area (Å²) in [6, 6.07) is 8.77. The van der Waals surface area contributed by atoms with Crippen LogP contribution in [-0.2, 0) is 12.8 Å². The van der Waals surface area contributed by atoms with E-state index >= 15 is 0 Å². The van der Waals surface area contributed by atoms with Crippen LogP contribution in [0.5, 0.6) is 0 Å². The van der Waals surface area contributed by atoms with Crippen LogP contribution in [0.15, 0.2) is 24.3 Å². The first-order valence-corrected chi connectivity index (χ1v) is 8.57. The zero-order chi connectivity index (χ0) is 15.9.